The van der Waals surface area contributed by atoms with Gasteiger partial charge in [-0.25, -0.2) is 4.98 Å². The van der Waals surface area contributed by atoms with Gasteiger partial charge in [-0.2, -0.15) is 0 Å². The average Bonchev–Trinajstić information content (AvgIpc) is 3.36. The highest BCUT2D eigenvalue weighted by molar-refractivity contribution is 7.99. The summed E-state index contributed by atoms with van der Waals surface area (Å²) < 4.78 is 7.01. The summed E-state index contributed by atoms with van der Waals surface area (Å²) in [7, 11) is 1.60. The Hall–Kier alpha value is -2.92. The van der Waals surface area contributed by atoms with Gasteiger partial charge in [0.2, 0.25) is 11.8 Å². The van der Waals surface area contributed by atoms with E-state index in [1.165, 1.54) is 23.1 Å². The molecule has 0 unspecified atom stereocenters. The molecule has 0 fully saturated rings. The second-order valence-electron chi connectivity index (χ2n) is 6.58. The molecule has 164 valence electrons. The highest BCUT2D eigenvalue weighted by atomic mass is 32.2. The maximum Gasteiger partial charge on any atom is 0.236 e. The Balaban J connectivity index is 1.50. The van der Waals surface area contributed by atoms with Crippen LogP contribution < -0.4 is 15.4 Å². The number of aryl methyl sites for hydroxylation is 1. The monoisotopic (exact) mass is 460 g/mol. The standard InChI is InChI=1S/C20H24N6O3S2/c1-4-26-16(10-21-17(27)9-14-5-7-15(29-3)8-6-14)24-25-20(26)31-12-18(28)23-19-22-13(2)11-30-19/h5-8,11H,4,9-10,12H2,1-3H3,(H,21,27)(H,22,23,28). The van der Waals surface area contributed by atoms with E-state index < -0.39 is 0 Å². The van der Waals surface area contributed by atoms with Crippen molar-refractivity contribution in [3.05, 3.63) is 46.7 Å². The first kappa shape index (κ1) is 22.8. The maximum atomic E-state index is 12.3. The minimum absolute atomic E-state index is 0.108. The predicted octanol–water partition coefficient (Wildman–Crippen LogP) is 2.66. The van der Waals surface area contributed by atoms with Crippen LogP contribution in [-0.4, -0.2) is 44.4 Å². The predicted molar refractivity (Wildman–Crippen MR) is 120 cm³/mol. The van der Waals surface area contributed by atoms with E-state index in [4.69, 9.17) is 4.74 Å². The molecule has 0 atom stereocenters. The van der Waals surface area contributed by atoms with Gasteiger partial charge in [-0.15, -0.1) is 21.5 Å². The summed E-state index contributed by atoms with van der Waals surface area (Å²) >= 11 is 2.69. The Morgan fingerprint density at radius 1 is 1.19 bits per heavy atom. The van der Waals surface area contributed by atoms with E-state index in [1.807, 2.05) is 48.1 Å². The number of thiazole rings is 1. The molecular weight excluding hydrogens is 436 g/mol. The van der Waals surface area contributed by atoms with Crippen molar-refractivity contribution in [2.24, 2.45) is 0 Å². The lowest BCUT2D eigenvalue weighted by Crippen LogP contribution is -2.26. The van der Waals surface area contributed by atoms with Crippen molar-refractivity contribution in [3.8, 4) is 5.75 Å². The first-order chi connectivity index (χ1) is 15.0. The van der Waals surface area contributed by atoms with Gasteiger partial charge in [0.05, 0.1) is 31.5 Å². The van der Waals surface area contributed by atoms with Gasteiger partial charge in [-0.3, -0.25) is 9.59 Å². The molecule has 0 bridgehead atoms. The number of hydrogen-bond acceptors (Lipinski definition) is 8. The summed E-state index contributed by atoms with van der Waals surface area (Å²) in [4.78, 5) is 28.6. The van der Waals surface area contributed by atoms with Crippen molar-refractivity contribution in [1.29, 1.82) is 0 Å². The Labute approximate surface area is 188 Å². The van der Waals surface area contributed by atoms with Crippen LogP contribution in [0.4, 0.5) is 5.13 Å². The van der Waals surface area contributed by atoms with E-state index >= 15 is 0 Å². The van der Waals surface area contributed by atoms with Crippen LogP contribution in [0.25, 0.3) is 0 Å². The number of hydrogen-bond donors (Lipinski definition) is 2. The highest BCUT2D eigenvalue weighted by Crippen LogP contribution is 2.19. The van der Waals surface area contributed by atoms with Crippen LogP contribution in [0.5, 0.6) is 5.75 Å². The number of anilines is 1. The minimum Gasteiger partial charge on any atom is -0.497 e. The van der Waals surface area contributed by atoms with Gasteiger partial charge in [0.1, 0.15) is 5.75 Å². The van der Waals surface area contributed by atoms with Gasteiger partial charge < -0.3 is 19.9 Å². The fourth-order valence-corrected chi connectivity index (χ4v) is 4.27. The fraction of sp³-hybridized carbons (Fsp3) is 0.350. The number of rotatable bonds is 10. The first-order valence-corrected chi connectivity index (χ1v) is 11.5. The van der Waals surface area contributed by atoms with E-state index in [2.05, 4.69) is 25.8 Å². The molecule has 0 saturated heterocycles. The average molecular weight is 461 g/mol. The van der Waals surface area contributed by atoms with Crippen molar-refractivity contribution in [3.63, 3.8) is 0 Å². The number of nitrogens with zero attached hydrogens (tertiary/aromatic N) is 4. The normalized spacial score (nSPS) is 10.7. The van der Waals surface area contributed by atoms with Crippen LogP contribution in [0.1, 0.15) is 24.0 Å². The van der Waals surface area contributed by atoms with E-state index in [1.54, 1.807) is 7.11 Å². The molecule has 2 N–H and O–H groups in total. The lowest BCUT2D eigenvalue weighted by atomic mass is 10.1. The molecule has 0 saturated carbocycles. The van der Waals surface area contributed by atoms with Gasteiger partial charge in [0.25, 0.3) is 0 Å². The van der Waals surface area contributed by atoms with E-state index in [0.717, 1.165) is 17.0 Å². The summed E-state index contributed by atoms with van der Waals surface area (Å²) in [6.45, 7) is 4.74. The number of nitrogens with one attached hydrogen (secondary N) is 2. The molecular formula is C20H24N6O3S2. The fourth-order valence-electron chi connectivity index (χ4n) is 2.74. The smallest absolute Gasteiger partial charge is 0.236 e. The van der Waals surface area contributed by atoms with Crippen LogP contribution in [0.2, 0.25) is 0 Å². The quantitative estimate of drug-likeness (QED) is 0.448. The molecule has 0 radical (unpaired) electrons. The van der Waals surface area contributed by atoms with Gasteiger partial charge >= 0.3 is 0 Å². The molecule has 3 rings (SSSR count). The third-order valence-corrected chi connectivity index (χ3v) is 6.12. The van der Waals surface area contributed by atoms with E-state index in [-0.39, 0.29) is 30.5 Å². The second-order valence-corrected chi connectivity index (χ2v) is 8.38. The lowest BCUT2D eigenvalue weighted by Gasteiger charge is -2.09. The molecule has 1 aromatic carbocycles. The van der Waals surface area contributed by atoms with Crippen LogP contribution in [0, 0.1) is 6.92 Å². The Morgan fingerprint density at radius 2 is 1.97 bits per heavy atom. The Kier molecular flexibility index (Phi) is 8.01. The van der Waals surface area contributed by atoms with Crippen molar-refractivity contribution in [2.45, 2.75) is 38.5 Å². The largest absolute Gasteiger partial charge is 0.497 e. The summed E-state index contributed by atoms with van der Waals surface area (Å²) in [5.41, 5.74) is 1.77. The van der Waals surface area contributed by atoms with Crippen LogP contribution >= 0.6 is 23.1 Å². The number of aromatic nitrogens is 4. The van der Waals surface area contributed by atoms with Gasteiger partial charge in [-0.05, 0) is 31.5 Å². The van der Waals surface area contributed by atoms with Crippen molar-refractivity contribution < 1.29 is 14.3 Å². The van der Waals surface area contributed by atoms with Crippen LogP contribution in [0.15, 0.2) is 34.8 Å². The minimum atomic E-state index is -0.153. The molecule has 0 spiro atoms. The molecule has 0 aliphatic heterocycles. The van der Waals surface area contributed by atoms with Crippen molar-refractivity contribution in [2.75, 3.05) is 18.2 Å². The lowest BCUT2D eigenvalue weighted by molar-refractivity contribution is -0.120. The molecule has 9 nitrogen and oxygen atoms in total. The van der Waals surface area contributed by atoms with E-state index in [0.29, 0.717) is 22.7 Å². The zero-order chi connectivity index (χ0) is 22.2. The third kappa shape index (κ3) is 6.53. The zero-order valence-electron chi connectivity index (χ0n) is 17.5. The molecule has 2 amide bonds. The SMILES string of the molecule is CCn1c(CNC(=O)Cc2ccc(OC)cc2)nnc1SCC(=O)Nc1nc(C)cs1. The summed E-state index contributed by atoms with van der Waals surface area (Å²) in [6.07, 6.45) is 0.266. The summed E-state index contributed by atoms with van der Waals surface area (Å²) in [5, 5.41) is 17.1. The highest BCUT2D eigenvalue weighted by Gasteiger charge is 2.15. The molecule has 2 aromatic heterocycles. The van der Waals surface area contributed by atoms with Crippen molar-refractivity contribution >= 4 is 40.0 Å². The Bertz CT molecular complexity index is 1030. The summed E-state index contributed by atoms with van der Waals surface area (Å²) in [6, 6.07) is 7.37. The maximum absolute atomic E-state index is 12.3. The first-order valence-electron chi connectivity index (χ1n) is 9.65. The number of benzene rings is 1. The molecule has 0 aliphatic rings. The number of ether oxygens (including phenoxy) is 1. The van der Waals surface area contributed by atoms with Gasteiger partial charge in [-0.1, -0.05) is 23.9 Å². The zero-order valence-corrected chi connectivity index (χ0v) is 19.2. The topological polar surface area (TPSA) is 111 Å². The van der Waals surface area contributed by atoms with Crippen LogP contribution in [-0.2, 0) is 29.1 Å². The van der Waals surface area contributed by atoms with Gasteiger partial charge in [0, 0.05) is 11.9 Å². The van der Waals surface area contributed by atoms with Crippen molar-refractivity contribution in [1.82, 2.24) is 25.1 Å². The number of amides is 2. The molecule has 31 heavy (non-hydrogen) atoms. The molecule has 0 aliphatic carbocycles. The summed E-state index contributed by atoms with van der Waals surface area (Å²) in [5.74, 6) is 1.33. The molecule has 3 aromatic rings. The second kappa shape index (κ2) is 10.9. The molecule has 11 heteroatoms. The van der Waals surface area contributed by atoms with Crippen LogP contribution in [0.3, 0.4) is 0 Å². The van der Waals surface area contributed by atoms with E-state index in [9.17, 15) is 9.59 Å². The number of thioether (sulfide) groups is 1. The Morgan fingerprint density at radius 3 is 2.61 bits per heavy atom. The number of methoxy groups -OCH3 is 1. The molecule has 2 heterocycles. The van der Waals surface area contributed by atoms with Gasteiger partial charge in [0.15, 0.2) is 16.1 Å². The third-order valence-electron chi connectivity index (χ3n) is 4.27. The number of carbonyl (C=O) groups is 2. The number of carbonyl (C=O) groups excluding carboxylic acids is 2.